The molecule has 0 bridgehead atoms. The van der Waals surface area contributed by atoms with Crippen LogP contribution in [0.15, 0.2) is 53.4 Å². The van der Waals surface area contributed by atoms with Crippen LogP contribution < -0.4 is 10.1 Å². The average molecular weight is 359 g/mol. The molecule has 0 saturated carbocycles. The van der Waals surface area contributed by atoms with Crippen molar-refractivity contribution in [1.82, 2.24) is 0 Å². The second-order valence-corrected chi connectivity index (χ2v) is 6.26. The highest BCUT2D eigenvalue weighted by atomic mass is 32.2. The lowest BCUT2D eigenvalue weighted by Crippen LogP contribution is -2.16. The average Bonchev–Trinajstić information content (AvgIpc) is 2.63. The first-order valence-corrected chi connectivity index (χ1v) is 8.95. The smallest absolute Gasteiger partial charge is 0.340 e. The maximum absolute atomic E-state index is 12.1. The number of hydrogen-bond donors (Lipinski definition) is 1. The van der Waals surface area contributed by atoms with Crippen molar-refractivity contribution < 1.29 is 19.1 Å². The third-order valence-electron chi connectivity index (χ3n) is 3.35. The third-order valence-corrected chi connectivity index (χ3v) is 4.37. The van der Waals surface area contributed by atoms with E-state index in [1.807, 2.05) is 24.3 Å². The molecule has 1 amide bonds. The van der Waals surface area contributed by atoms with Crippen LogP contribution in [0.5, 0.6) is 5.75 Å². The Morgan fingerprint density at radius 3 is 2.48 bits per heavy atom. The van der Waals surface area contributed by atoms with Crippen molar-refractivity contribution >= 4 is 29.3 Å². The van der Waals surface area contributed by atoms with Gasteiger partial charge in [0.2, 0.25) is 5.91 Å². The molecule has 0 heterocycles. The Balaban J connectivity index is 1.86. The fourth-order valence-corrected chi connectivity index (χ4v) is 2.98. The highest BCUT2D eigenvalue weighted by Gasteiger charge is 2.13. The number of esters is 1. The molecule has 5 nitrogen and oxygen atoms in total. The van der Waals surface area contributed by atoms with Crippen molar-refractivity contribution in [3.63, 3.8) is 0 Å². The number of rotatable bonds is 8. The molecule has 132 valence electrons. The van der Waals surface area contributed by atoms with Crippen LogP contribution in [-0.4, -0.2) is 31.3 Å². The Morgan fingerprint density at radius 1 is 1.08 bits per heavy atom. The van der Waals surface area contributed by atoms with Gasteiger partial charge in [-0.15, -0.1) is 11.8 Å². The van der Waals surface area contributed by atoms with Crippen molar-refractivity contribution in [2.24, 2.45) is 0 Å². The van der Waals surface area contributed by atoms with Gasteiger partial charge in [0, 0.05) is 17.1 Å². The standard InChI is InChI=1S/C19H21NO4S/c1-3-24-19(22)16-6-4-5-7-17(16)20-18(21)12-13-25-15-10-8-14(23-2)9-11-15/h4-11H,3,12-13H2,1-2H3,(H,20,21). The number of benzene rings is 2. The number of hydrogen-bond acceptors (Lipinski definition) is 5. The zero-order valence-corrected chi connectivity index (χ0v) is 15.1. The van der Waals surface area contributed by atoms with E-state index in [0.717, 1.165) is 10.6 Å². The number of methoxy groups -OCH3 is 1. The number of para-hydroxylation sites is 1. The monoisotopic (exact) mass is 359 g/mol. The van der Waals surface area contributed by atoms with Gasteiger partial charge in [-0.05, 0) is 43.3 Å². The molecule has 2 rings (SSSR count). The topological polar surface area (TPSA) is 64.6 Å². The van der Waals surface area contributed by atoms with Crippen molar-refractivity contribution in [1.29, 1.82) is 0 Å². The highest BCUT2D eigenvalue weighted by molar-refractivity contribution is 7.99. The Kier molecular flexibility index (Phi) is 7.35. The van der Waals surface area contributed by atoms with E-state index in [1.54, 1.807) is 50.1 Å². The summed E-state index contributed by atoms with van der Waals surface area (Å²) in [6.45, 7) is 2.04. The Labute approximate surface area is 151 Å². The summed E-state index contributed by atoms with van der Waals surface area (Å²) in [6, 6.07) is 14.5. The minimum absolute atomic E-state index is 0.141. The second kappa shape index (κ2) is 9.74. The van der Waals surface area contributed by atoms with Gasteiger partial charge in [0.05, 0.1) is 25.0 Å². The number of ether oxygens (including phenoxy) is 2. The summed E-state index contributed by atoms with van der Waals surface area (Å²) in [7, 11) is 1.63. The van der Waals surface area contributed by atoms with Gasteiger partial charge in [0.1, 0.15) is 5.75 Å². The lowest BCUT2D eigenvalue weighted by molar-refractivity contribution is -0.115. The van der Waals surface area contributed by atoms with Crippen molar-refractivity contribution in [2.45, 2.75) is 18.2 Å². The summed E-state index contributed by atoms with van der Waals surface area (Å²) in [5, 5.41) is 2.78. The van der Waals surface area contributed by atoms with Gasteiger partial charge in [-0.3, -0.25) is 4.79 Å². The number of amides is 1. The molecule has 0 aliphatic rings. The van der Waals surface area contributed by atoms with Crippen LogP contribution in [0.3, 0.4) is 0 Å². The van der Waals surface area contributed by atoms with E-state index in [9.17, 15) is 9.59 Å². The Hall–Kier alpha value is -2.47. The van der Waals surface area contributed by atoms with E-state index in [-0.39, 0.29) is 5.91 Å². The third kappa shape index (κ3) is 5.83. The first kappa shape index (κ1) is 18.9. The quantitative estimate of drug-likeness (QED) is 0.570. The lowest BCUT2D eigenvalue weighted by Gasteiger charge is -2.10. The van der Waals surface area contributed by atoms with E-state index in [4.69, 9.17) is 9.47 Å². The molecule has 0 aromatic heterocycles. The van der Waals surface area contributed by atoms with Crippen LogP contribution in [0.25, 0.3) is 0 Å². The minimum atomic E-state index is -0.439. The summed E-state index contributed by atoms with van der Waals surface area (Å²) in [6.07, 6.45) is 0.341. The zero-order valence-electron chi connectivity index (χ0n) is 14.3. The molecule has 0 unspecified atom stereocenters. The zero-order chi connectivity index (χ0) is 18.1. The molecule has 0 aliphatic heterocycles. The lowest BCUT2D eigenvalue weighted by atomic mass is 10.1. The normalized spacial score (nSPS) is 10.2. The molecule has 2 aromatic rings. The SMILES string of the molecule is CCOC(=O)c1ccccc1NC(=O)CCSc1ccc(OC)cc1. The van der Waals surface area contributed by atoms with Gasteiger partial charge in [-0.2, -0.15) is 0 Å². The molecule has 0 radical (unpaired) electrons. The predicted molar refractivity (Wildman–Crippen MR) is 99.4 cm³/mol. The van der Waals surface area contributed by atoms with Gasteiger partial charge < -0.3 is 14.8 Å². The maximum atomic E-state index is 12.1. The second-order valence-electron chi connectivity index (χ2n) is 5.09. The van der Waals surface area contributed by atoms with Crippen molar-refractivity contribution in [3.05, 3.63) is 54.1 Å². The number of anilines is 1. The van der Waals surface area contributed by atoms with Gasteiger partial charge in [-0.25, -0.2) is 4.79 Å². The van der Waals surface area contributed by atoms with Crippen LogP contribution in [-0.2, 0) is 9.53 Å². The van der Waals surface area contributed by atoms with E-state index >= 15 is 0 Å². The number of nitrogens with one attached hydrogen (secondary N) is 1. The van der Waals surface area contributed by atoms with E-state index < -0.39 is 5.97 Å². The minimum Gasteiger partial charge on any atom is -0.497 e. The van der Waals surface area contributed by atoms with E-state index in [0.29, 0.717) is 30.0 Å². The first-order valence-electron chi connectivity index (χ1n) is 7.97. The number of carbonyl (C=O) groups is 2. The maximum Gasteiger partial charge on any atom is 0.340 e. The molecule has 0 fully saturated rings. The van der Waals surface area contributed by atoms with E-state index in [1.165, 1.54) is 0 Å². The molecular formula is C19H21NO4S. The summed E-state index contributed by atoms with van der Waals surface area (Å²) < 4.78 is 10.1. The predicted octanol–water partition coefficient (Wildman–Crippen LogP) is 3.99. The molecule has 1 N–H and O–H groups in total. The molecule has 25 heavy (non-hydrogen) atoms. The van der Waals surface area contributed by atoms with Crippen LogP contribution in [0, 0.1) is 0 Å². The van der Waals surface area contributed by atoms with Crippen LogP contribution in [0.4, 0.5) is 5.69 Å². The summed E-state index contributed by atoms with van der Waals surface area (Å²) >= 11 is 1.59. The van der Waals surface area contributed by atoms with Crippen LogP contribution in [0.1, 0.15) is 23.7 Å². The fraction of sp³-hybridized carbons (Fsp3) is 0.263. The largest absolute Gasteiger partial charge is 0.497 e. The molecule has 0 atom stereocenters. The Morgan fingerprint density at radius 2 is 1.80 bits per heavy atom. The highest BCUT2D eigenvalue weighted by Crippen LogP contribution is 2.22. The van der Waals surface area contributed by atoms with Gasteiger partial charge >= 0.3 is 5.97 Å². The van der Waals surface area contributed by atoms with Crippen molar-refractivity contribution in [3.8, 4) is 5.75 Å². The summed E-state index contributed by atoms with van der Waals surface area (Å²) in [5.41, 5.74) is 0.834. The molecule has 0 spiro atoms. The van der Waals surface area contributed by atoms with E-state index in [2.05, 4.69) is 5.32 Å². The summed E-state index contributed by atoms with van der Waals surface area (Å²) in [5.74, 6) is 0.862. The molecule has 6 heteroatoms. The molecular weight excluding hydrogens is 338 g/mol. The number of thioether (sulfide) groups is 1. The van der Waals surface area contributed by atoms with Crippen molar-refractivity contribution in [2.75, 3.05) is 24.8 Å². The molecule has 0 saturated heterocycles. The van der Waals surface area contributed by atoms with Crippen LogP contribution in [0.2, 0.25) is 0 Å². The fourth-order valence-electron chi connectivity index (χ4n) is 2.13. The first-order chi connectivity index (χ1) is 12.1. The molecule has 0 aliphatic carbocycles. The Bertz CT molecular complexity index is 716. The van der Waals surface area contributed by atoms with Gasteiger partial charge in [0.25, 0.3) is 0 Å². The van der Waals surface area contributed by atoms with Crippen LogP contribution >= 0.6 is 11.8 Å². The number of carbonyl (C=O) groups excluding carboxylic acids is 2. The van der Waals surface area contributed by atoms with Gasteiger partial charge in [-0.1, -0.05) is 12.1 Å². The molecule has 2 aromatic carbocycles. The summed E-state index contributed by atoms with van der Waals surface area (Å²) in [4.78, 5) is 25.1. The van der Waals surface area contributed by atoms with Gasteiger partial charge in [0.15, 0.2) is 0 Å².